The zero-order chi connectivity index (χ0) is 14.9. The predicted octanol–water partition coefficient (Wildman–Crippen LogP) is 4.68. The van der Waals surface area contributed by atoms with Crippen LogP contribution in [-0.4, -0.2) is 13.1 Å². The highest BCUT2D eigenvalue weighted by molar-refractivity contribution is 4.87. The summed E-state index contributed by atoms with van der Waals surface area (Å²) in [6.45, 7) is 19.9. The van der Waals surface area contributed by atoms with Crippen LogP contribution in [0.5, 0.6) is 0 Å². The van der Waals surface area contributed by atoms with E-state index in [9.17, 15) is 0 Å². The summed E-state index contributed by atoms with van der Waals surface area (Å²) >= 11 is 0. The van der Waals surface area contributed by atoms with Gasteiger partial charge in [0.15, 0.2) is 0 Å². The van der Waals surface area contributed by atoms with Crippen molar-refractivity contribution in [2.24, 2.45) is 10.8 Å². The first kappa shape index (κ1) is 18.3. The van der Waals surface area contributed by atoms with E-state index in [-0.39, 0.29) is 0 Å². The molecular formula is C17H36N2. The minimum absolute atomic E-state index is 0.433. The van der Waals surface area contributed by atoms with Gasteiger partial charge in [-0.05, 0) is 36.5 Å². The van der Waals surface area contributed by atoms with Gasteiger partial charge in [-0.15, -0.1) is 0 Å². The molecule has 0 aliphatic carbocycles. The van der Waals surface area contributed by atoms with Gasteiger partial charge in [0.1, 0.15) is 0 Å². The molecule has 0 spiro atoms. The Morgan fingerprint density at radius 1 is 0.895 bits per heavy atom. The van der Waals surface area contributed by atoms with Crippen molar-refractivity contribution in [3.05, 3.63) is 12.4 Å². The average Bonchev–Trinajstić information content (AvgIpc) is 2.29. The molecule has 0 aromatic carbocycles. The Morgan fingerprint density at radius 2 is 1.37 bits per heavy atom. The molecule has 0 fully saturated rings. The van der Waals surface area contributed by atoms with Crippen molar-refractivity contribution in [2.45, 2.75) is 73.6 Å². The molecule has 0 bridgehead atoms. The maximum absolute atomic E-state index is 4.02. The van der Waals surface area contributed by atoms with Gasteiger partial charge in [0.25, 0.3) is 0 Å². The van der Waals surface area contributed by atoms with Crippen molar-refractivity contribution in [1.82, 2.24) is 10.6 Å². The van der Waals surface area contributed by atoms with E-state index in [1.54, 1.807) is 0 Å². The van der Waals surface area contributed by atoms with Crippen LogP contribution in [0.15, 0.2) is 12.4 Å². The number of hydrogen-bond donors (Lipinski definition) is 2. The summed E-state index contributed by atoms with van der Waals surface area (Å²) in [5.41, 5.74) is 0.908. The Morgan fingerprint density at radius 3 is 1.79 bits per heavy atom. The highest BCUT2D eigenvalue weighted by Gasteiger charge is 2.13. The van der Waals surface area contributed by atoms with Crippen molar-refractivity contribution < 1.29 is 0 Å². The normalized spacial score (nSPS) is 12.3. The summed E-state index contributed by atoms with van der Waals surface area (Å²) in [7, 11) is 0. The SMILES string of the molecule is C=C(NCCCC(C)(C)C)NCCCC(C)(C)CC. The highest BCUT2D eigenvalue weighted by Crippen LogP contribution is 2.25. The zero-order valence-electron chi connectivity index (χ0n) is 14.2. The van der Waals surface area contributed by atoms with Crippen LogP contribution in [0.2, 0.25) is 0 Å². The predicted molar refractivity (Wildman–Crippen MR) is 87.1 cm³/mol. The molecule has 2 heteroatoms. The molecule has 0 saturated carbocycles. The van der Waals surface area contributed by atoms with Gasteiger partial charge in [0.2, 0.25) is 0 Å². The van der Waals surface area contributed by atoms with Crippen LogP contribution < -0.4 is 10.6 Å². The Kier molecular flexibility index (Phi) is 8.20. The van der Waals surface area contributed by atoms with Crippen molar-refractivity contribution >= 4 is 0 Å². The van der Waals surface area contributed by atoms with E-state index in [0.29, 0.717) is 10.8 Å². The molecule has 19 heavy (non-hydrogen) atoms. The average molecular weight is 268 g/mol. The molecule has 0 unspecified atom stereocenters. The maximum Gasteiger partial charge on any atom is 0.0912 e. The van der Waals surface area contributed by atoms with Gasteiger partial charge in [-0.1, -0.05) is 54.5 Å². The molecule has 0 aliphatic rings. The standard InChI is InChI=1S/C17H36N2/c1-8-17(6,7)12-10-14-19-15(2)18-13-9-11-16(3,4)5/h18-19H,2,8-14H2,1,3-7H3. The summed E-state index contributed by atoms with van der Waals surface area (Å²) < 4.78 is 0. The van der Waals surface area contributed by atoms with E-state index in [1.807, 2.05) is 0 Å². The van der Waals surface area contributed by atoms with Gasteiger partial charge in [-0.25, -0.2) is 0 Å². The lowest BCUT2D eigenvalue weighted by molar-refractivity contribution is 0.311. The lowest BCUT2D eigenvalue weighted by atomic mass is 9.85. The third-order valence-electron chi connectivity index (χ3n) is 3.77. The molecule has 0 rings (SSSR count). The van der Waals surface area contributed by atoms with Crippen LogP contribution in [0.4, 0.5) is 0 Å². The monoisotopic (exact) mass is 268 g/mol. The zero-order valence-corrected chi connectivity index (χ0v) is 14.2. The van der Waals surface area contributed by atoms with Gasteiger partial charge in [0, 0.05) is 13.1 Å². The number of nitrogens with one attached hydrogen (secondary N) is 2. The Bertz CT molecular complexity index is 248. The fraction of sp³-hybridized carbons (Fsp3) is 0.882. The van der Waals surface area contributed by atoms with E-state index in [2.05, 4.69) is 58.8 Å². The number of hydrogen-bond acceptors (Lipinski definition) is 2. The van der Waals surface area contributed by atoms with Crippen molar-refractivity contribution in [1.29, 1.82) is 0 Å². The summed E-state index contributed by atoms with van der Waals surface area (Å²) in [5.74, 6) is 0.975. The first-order valence-corrected chi connectivity index (χ1v) is 7.83. The fourth-order valence-corrected chi connectivity index (χ4v) is 1.90. The molecule has 0 heterocycles. The molecule has 0 saturated heterocycles. The maximum atomic E-state index is 4.02. The number of rotatable bonds is 10. The third-order valence-corrected chi connectivity index (χ3v) is 3.77. The summed E-state index contributed by atoms with van der Waals surface area (Å²) in [5, 5.41) is 6.73. The molecule has 0 atom stereocenters. The van der Waals surface area contributed by atoms with E-state index < -0.39 is 0 Å². The van der Waals surface area contributed by atoms with Gasteiger partial charge in [0.05, 0.1) is 5.82 Å². The van der Waals surface area contributed by atoms with Crippen molar-refractivity contribution in [3.8, 4) is 0 Å². The fourth-order valence-electron chi connectivity index (χ4n) is 1.90. The first-order chi connectivity index (χ1) is 8.66. The second-order valence-electron chi connectivity index (χ2n) is 7.62. The first-order valence-electron chi connectivity index (χ1n) is 7.83. The van der Waals surface area contributed by atoms with Crippen LogP contribution in [0.3, 0.4) is 0 Å². The third kappa shape index (κ3) is 12.1. The highest BCUT2D eigenvalue weighted by atomic mass is 15.1. The van der Waals surface area contributed by atoms with E-state index in [4.69, 9.17) is 0 Å². The molecule has 114 valence electrons. The summed E-state index contributed by atoms with van der Waals surface area (Å²) in [4.78, 5) is 0. The smallest absolute Gasteiger partial charge is 0.0912 e. The second kappa shape index (κ2) is 8.50. The molecule has 0 aromatic rings. The summed E-state index contributed by atoms with van der Waals surface area (Å²) in [6, 6.07) is 0. The Balaban J connectivity index is 3.51. The minimum atomic E-state index is 0.433. The summed E-state index contributed by atoms with van der Waals surface area (Å²) in [6.07, 6.45) is 6.18. The molecule has 2 N–H and O–H groups in total. The lowest BCUT2D eigenvalue weighted by Gasteiger charge is -2.23. The molecule has 0 aliphatic heterocycles. The van der Waals surface area contributed by atoms with E-state index >= 15 is 0 Å². The van der Waals surface area contributed by atoms with Gasteiger partial charge >= 0.3 is 0 Å². The van der Waals surface area contributed by atoms with Gasteiger partial charge < -0.3 is 10.6 Å². The molecule has 0 radical (unpaired) electrons. The Hall–Kier alpha value is -0.660. The topological polar surface area (TPSA) is 24.1 Å². The van der Waals surface area contributed by atoms with Crippen LogP contribution in [0.1, 0.15) is 73.6 Å². The van der Waals surface area contributed by atoms with Crippen LogP contribution in [0.25, 0.3) is 0 Å². The van der Waals surface area contributed by atoms with Crippen LogP contribution >= 0.6 is 0 Å². The van der Waals surface area contributed by atoms with Gasteiger partial charge in [-0.3, -0.25) is 0 Å². The van der Waals surface area contributed by atoms with E-state index in [1.165, 1.54) is 32.1 Å². The Labute approximate surface area is 121 Å². The largest absolute Gasteiger partial charge is 0.372 e. The van der Waals surface area contributed by atoms with Crippen LogP contribution in [-0.2, 0) is 0 Å². The molecule has 2 nitrogen and oxygen atoms in total. The molecule has 0 amide bonds. The molecular weight excluding hydrogens is 232 g/mol. The van der Waals surface area contributed by atoms with E-state index in [0.717, 1.165) is 18.9 Å². The molecule has 0 aromatic heterocycles. The van der Waals surface area contributed by atoms with Crippen molar-refractivity contribution in [3.63, 3.8) is 0 Å². The van der Waals surface area contributed by atoms with Gasteiger partial charge in [-0.2, -0.15) is 0 Å². The second-order valence-corrected chi connectivity index (χ2v) is 7.62. The lowest BCUT2D eigenvalue weighted by Crippen LogP contribution is -2.28. The van der Waals surface area contributed by atoms with Crippen LogP contribution in [0, 0.1) is 10.8 Å². The quantitative estimate of drug-likeness (QED) is 0.562. The minimum Gasteiger partial charge on any atom is -0.372 e. The van der Waals surface area contributed by atoms with Crippen molar-refractivity contribution in [2.75, 3.05) is 13.1 Å².